The van der Waals surface area contributed by atoms with Crippen LogP contribution in [0, 0.1) is 5.41 Å². The standard InChI is InChI=1S/C21H31N7O7/c1-20(2)14(35-16(29)10-5-6-12(32-3)13(7-10)33-4)8-27-17(22)25-11(9-34-19(24)30)15-21(20,27)28(31)18(23)26-15/h5-7,11,14-15,18,26,31H,8-9,23H2,1-4H3,(H2,22,25)(H2,24,30)/t11?,14-,15?,18?,21?/m0/s1. The van der Waals surface area contributed by atoms with E-state index in [0.29, 0.717) is 11.5 Å². The largest absolute Gasteiger partial charge is 0.493 e. The third-order valence-corrected chi connectivity index (χ3v) is 7.13. The molecule has 1 spiro atoms. The molecular formula is C21H31N7O7. The highest BCUT2D eigenvalue weighted by Crippen LogP contribution is 2.54. The second-order valence-corrected chi connectivity index (χ2v) is 9.14. The van der Waals surface area contributed by atoms with Gasteiger partial charge in [0.05, 0.1) is 32.4 Å². The number of rotatable bonds is 6. The first-order valence-corrected chi connectivity index (χ1v) is 10.9. The minimum atomic E-state index is -1.27. The fourth-order valence-corrected chi connectivity index (χ4v) is 5.44. The Morgan fingerprint density at radius 1 is 1.26 bits per heavy atom. The van der Waals surface area contributed by atoms with Crippen molar-refractivity contribution in [3.05, 3.63) is 23.8 Å². The van der Waals surface area contributed by atoms with Crippen molar-refractivity contribution in [1.29, 1.82) is 0 Å². The van der Waals surface area contributed by atoms with Gasteiger partial charge >= 0.3 is 12.1 Å². The first-order chi connectivity index (χ1) is 16.5. The lowest BCUT2D eigenvalue weighted by Gasteiger charge is -2.53. The third kappa shape index (κ3) is 3.60. The van der Waals surface area contributed by atoms with Crippen molar-refractivity contribution in [3.8, 4) is 11.5 Å². The number of hydrogen-bond donors (Lipinski definition) is 5. The smallest absolute Gasteiger partial charge is 0.404 e. The van der Waals surface area contributed by atoms with E-state index in [-0.39, 0.29) is 24.7 Å². The van der Waals surface area contributed by atoms with Crippen LogP contribution in [0.3, 0.4) is 0 Å². The van der Waals surface area contributed by atoms with Gasteiger partial charge in [0, 0.05) is 5.41 Å². The molecule has 3 heterocycles. The van der Waals surface area contributed by atoms with Crippen molar-refractivity contribution in [1.82, 2.24) is 15.3 Å². The Kier molecular flexibility index (Phi) is 6.17. The second kappa shape index (κ2) is 8.71. The molecule has 35 heavy (non-hydrogen) atoms. The molecule has 0 saturated carbocycles. The maximum absolute atomic E-state index is 13.1. The molecule has 3 aliphatic heterocycles. The number of hydrogen-bond acceptors (Lipinski definition) is 13. The van der Waals surface area contributed by atoms with Crippen LogP contribution in [0.5, 0.6) is 11.5 Å². The number of hydroxylamine groups is 2. The van der Waals surface area contributed by atoms with Gasteiger partial charge in [0.15, 0.2) is 17.5 Å². The number of methoxy groups -OCH3 is 2. The Hall–Kier alpha value is -3.33. The van der Waals surface area contributed by atoms with Crippen LogP contribution >= 0.6 is 0 Å². The van der Waals surface area contributed by atoms with Crippen molar-refractivity contribution < 1.29 is 33.7 Å². The van der Waals surface area contributed by atoms with E-state index in [1.165, 1.54) is 20.3 Å². The average Bonchev–Trinajstić information content (AvgIpc) is 3.22. The molecule has 1 amide bonds. The molecule has 8 N–H and O–H groups in total. The number of nitrogens with two attached hydrogens (primary N) is 3. The quantitative estimate of drug-likeness (QED) is 0.302. The summed E-state index contributed by atoms with van der Waals surface area (Å²) in [5, 5.41) is 15.2. The number of aliphatic imine (C=N–C) groups is 1. The molecule has 2 saturated heterocycles. The summed E-state index contributed by atoms with van der Waals surface area (Å²) in [6, 6.07) is 3.35. The highest BCUT2D eigenvalue weighted by Gasteiger charge is 2.74. The van der Waals surface area contributed by atoms with Crippen LogP contribution in [-0.2, 0) is 9.47 Å². The monoisotopic (exact) mass is 493 g/mol. The maximum atomic E-state index is 13.1. The molecule has 0 aliphatic carbocycles. The zero-order valence-electron chi connectivity index (χ0n) is 19.9. The summed E-state index contributed by atoms with van der Waals surface area (Å²) in [4.78, 5) is 30.5. The van der Waals surface area contributed by atoms with Gasteiger partial charge in [0.25, 0.3) is 0 Å². The van der Waals surface area contributed by atoms with Crippen molar-refractivity contribution in [2.24, 2.45) is 27.6 Å². The Bertz CT molecular complexity index is 1050. The van der Waals surface area contributed by atoms with Gasteiger partial charge in [0.1, 0.15) is 30.7 Å². The average molecular weight is 494 g/mol. The number of nitrogens with one attached hydrogen (secondary N) is 1. The van der Waals surface area contributed by atoms with Gasteiger partial charge in [-0.25, -0.2) is 14.6 Å². The summed E-state index contributed by atoms with van der Waals surface area (Å²) < 4.78 is 21.4. The van der Waals surface area contributed by atoms with Crippen molar-refractivity contribution in [3.63, 3.8) is 0 Å². The van der Waals surface area contributed by atoms with Crippen molar-refractivity contribution in [2.75, 3.05) is 27.4 Å². The lowest BCUT2D eigenvalue weighted by atomic mass is 9.71. The summed E-state index contributed by atoms with van der Waals surface area (Å²) in [7, 11) is 2.97. The van der Waals surface area contributed by atoms with E-state index in [9.17, 15) is 14.8 Å². The van der Waals surface area contributed by atoms with Crippen LogP contribution in [0.4, 0.5) is 4.79 Å². The molecule has 0 aromatic heterocycles. The fraction of sp³-hybridized carbons (Fsp3) is 0.571. The Morgan fingerprint density at radius 3 is 2.57 bits per heavy atom. The Balaban J connectivity index is 1.67. The molecule has 0 radical (unpaired) electrons. The minimum Gasteiger partial charge on any atom is -0.493 e. The first kappa shape index (κ1) is 24.8. The van der Waals surface area contributed by atoms with Crippen LogP contribution in [0.25, 0.3) is 0 Å². The third-order valence-electron chi connectivity index (χ3n) is 7.13. The highest BCUT2D eigenvalue weighted by molar-refractivity contribution is 5.90. The van der Waals surface area contributed by atoms with Crippen LogP contribution in [0.2, 0.25) is 0 Å². The lowest BCUT2D eigenvalue weighted by Crippen LogP contribution is -2.74. The number of nitrogens with zero attached hydrogens (tertiary/aromatic N) is 3. The van der Waals surface area contributed by atoms with E-state index >= 15 is 0 Å². The number of carbonyl (C=O) groups excluding carboxylic acids is 2. The molecule has 192 valence electrons. The van der Waals surface area contributed by atoms with E-state index in [2.05, 4.69) is 10.3 Å². The number of guanidine groups is 1. The van der Waals surface area contributed by atoms with E-state index < -0.39 is 47.6 Å². The van der Waals surface area contributed by atoms with Gasteiger partial charge in [-0.1, -0.05) is 13.8 Å². The molecule has 0 bridgehead atoms. The number of primary amides is 1. The zero-order valence-corrected chi connectivity index (χ0v) is 19.9. The van der Waals surface area contributed by atoms with Gasteiger partial charge in [-0.05, 0) is 18.2 Å². The number of esters is 1. The summed E-state index contributed by atoms with van der Waals surface area (Å²) in [5.74, 6) is 0.330. The summed E-state index contributed by atoms with van der Waals surface area (Å²) >= 11 is 0. The number of ether oxygens (including phenoxy) is 4. The molecule has 14 nitrogen and oxygen atoms in total. The van der Waals surface area contributed by atoms with Gasteiger partial charge in [-0.15, -0.1) is 5.06 Å². The molecule has 2 fully saturated rings. The molecule has 14 heteroatoms. The van der Waals surface area contributed by atoms with E-state index in [0.717, 1.165) is 5.06 Å². The summed E-state index contributed by atoms with van der Waals surface area (Å²) in [5.41, 5.74) is 15.6. The molecule has 4 rings (SSSR count). The molecule has 3 aliphatic rings. The van der Waals surface area contributed by atoms with E-state index in [4.69, 9.17) is 36.1 Å². The normalized spacial score (nSPS) is 31.3. The Labute approximate surface area is 201 Å². The second-order valence-electron chi connectivity index (χ2n) is 9.14. The van der Waals surface area contributed by atoms with Crippen molar-refractivity contribution in [2.45, 2.75) is 44.0 Å². The SMILES string of the molecule is COc1ccc(C(=O)O[C@H]2CN3C(N)=NC(COC(N)=O)C4NC(N)N(O)C43C2(C)C)cc1OC. The van der Waals surface area contributed by atoms with Crippen LogP contribution in [0.1, 0.15) is 24.2 Å². The summed E-state index contributed by atoms with van der Waals surface area (Å²) in [6.45, 7) is 3.61. The van der Waals surface area contributed by atoms with Gasteiger partial charge < -0.3 is 46.3 Å². The molecule has 5 atom stereocenters. The van der Waals surface area contributed by atoms with Gasteiger partial charge in [0.2, 0.25) is 0 Å². The van der Waals surface area contributed by atoms with Crippen LogP contribution in [0.15, 0.2) is 23.2 Å². The van der Waals surface area contributed by atoms with Crippen LogP contribution < -0.4 is 32.0 Å². The van der Waals surface area contributed by atoms with Crippen molar-refractivity contribution >= 4 is 18.0 Å². The molecular weight excluding hydrogens is 462 g/mol. The predicted octanol–water partition coefficient (Wildman–Crippen LogP) is -1.04. The summed E-state index contributed by atoms with van der Waals surface area (Å²) in [6.07, 6.45) is -2.69. The van der Waals surface area contributed by atoms with E-state index in [1.54, 1.807) is 17.0 Å². The number of carbonyl (C=O) groups is 2. The minimum absolute atomic E-state index is 0.0759. The maximum Gasteiger partial charge on any atom is 0.404 e. The van der Waals surface area contributed by atoms with Gasteiger partial charge in [-0.3, -0.25) is 5.32 Å². The fourth-order valence-electron chi connectivity index (χ4n) is 5.44. The molecule has 1 aromatic carbocycles. The topological polar surface area (TPSA) is 200 Å². The van der Waals surface area contributed by atoms with E-state index in [1.807, 2.05) is 13.8 Å². The first-order valence-electron chi connectivity index (χ1n) is 10.9. The zero-order chi connectivity index (χ0) is 25.7. The van der Waals surface area contributed by atoms with Crippen LogP contribution in [-0.4, -0.2) is 90.7 Å². The molecule has 4 unspecified atom stereocenters. The molecule has 1 aromatic rings. The number of benzene rings is 1. The lowest BCUT2D eigenvalue weighted by molar-refractivity contribution is -0.244. The Morgan fingerprint density at radius 2 is 1.94 bits per heavy atom. The highest BCUT2D eigenvalue weighted by atomic mass is 16.6. The predicted molar refractivity (Wildman–Crippen MR) is 121 cm³/mol. The number of amides is 1. The van der Waals surface area contributed by atoms with Gasteiger partial charge in [-0.2, -0.15) is 0 Å².